The van der Waals surface area contributed by atoms with Crippen LogP contribution >= 0.6 is 15.9 Å². The van der Waals surface area contributed by atoms with Crippen molar-refractivity contribution >= 4 is 32.2 Å². The number of benzene rings is 1. The summed E-state index contributed by atoms with van der Waals surface area (Å²) in [5, 5.41) is 6.74. The largest absolute Gasteiger partial charge is 0.255 e. The third-order valence-corrected chi connectivity index (χ3v) is 3.88. The van der Waals surface area contributed by atoms with Crippen LogP contribution in [0.2, 0.25) is 0 Å². The van der Waals surface area contributed by atoms with E-state index in [1.807, 2.05) is 47.4 Å². The van der Waals surface area contributed by atoms with Crippen LogP contribution in [0.1, 0.15) is 0 Å². The Hall–Kier alpha value is -2.20. The Morgan fingerprint density at radius 3 is 2.85 bits per heavy atom. The average molecular weight is 324 g/mol. The number of fused-ring (bicyclic) bond motifs is 2. The van der Waals surface area contributed by atoms with Crippen LogP contribution in [0.4, 0.5) is 0 Å². The molecule has 3 heterocycles. The number of nitrogens with zero attached hydrogens (tertiary/aromatic N) is 3. The van der Waals surface area contributed by atoms with Crippen molar-refractivity contribution in [1.29, 1.82) is 0 Å². The molecule has 4 heteroatoms. The minimum Gasteiger partial charge on any atom is -0.255 e. The molecule has 1 aromatic carbocycles. The molecule has 0 aliphatic carbocycles. The lowest BCUT2D eigenvalue weighted by Crippen LogP contribution is -1.87. The summed E-state index contributed by atoms with van der Waals surface area (Å²) in [6, 6.07) is 14.4. The first-order chi connectivity index (χ1) is 9.83. The Bertz CT molecular complexity index is 922. The first-order valence-electron chi connectivity index (χ1n) is 6.30. The minimum absolute atomic E-state index is 0.973. The number of halogens is 1. The van der Waals surface area contributed by atoms with Crippen molar-refractivity contribution in [3.63, 3.8) is 0 Å². The Morgan fingerprint density at radius 1 is 1.00 bits per heavy atom. The number of hydrogen-bond donors (Lipinski definition) is 0. The van der Waals surface area contributed by atoms with E-state index in [0.29, 0.717) is 0 Å². The van der Waals surface area contributed by atoms with Gasteiger partial charge in [0.05, 0.1) is 17.4 Å². The van der Waals surface area contributed by atoms with E-state index in [-0.39, 0.29) is 0 Å². The van der Waals surface area contributed by atoms with E-state index >= 15 is 0 Å². The molecule has 0 saturated heterocycles. The van der Waals surface area contributed by atoms with E-state index in [1.54, 1.807) is 0 Å². The molecule has 0 unspecified atom stereocenters. The fraction of sp³-hybridized carbons (Fsp3) is 0. The highest BCUT2D eigenvalue weighted by molar-refractivity contribution is 9.10. The molecule has 0 aliphatic rings. The molecule has 0 N–H and O–H groups in total. The van der Waals surface area contributed by atoms with Crippen molar-refractivity contribution in [2.24, 2.45) is 0 Å². The molecule has 0 amide bonds. The third kappa shape index (κ3) is 1.72. The molecule has 4 aromatic rings. The Labute approximate surface area is 124 Å². The zero-order valence-electron chi connectivity index (χ0n) is 10.5. The summed E-state index contributed by atoms with van der Waals surface area (Å²) < 4.78 is 2.87. The van der Waals surface area contributed by atoms with Gasteiger partial charge in [-0.3, -0.25) is 4.98 Å². The van der Waals surface area contributed by atoms with Crippen LogP contribution in [0.5, 0.6) is 0 Å². The molecule has 0 atom stereocenters. The lowest BCUT2D eigenvalue weighted by molar-refractivity contribution is 0.956. The van der Waals surface area contributed by atoms with Crippen molar-refractivity contribution in [2.45, 2.75) is 0 Å². The average Bonchev–Trinajstić information content (AvgIpc) is 2.89. The molecule has 0 aliphatic heterocycles. The van der Waals surface area contributed by atoms with E-state index in [2.05, 4.69) is 44.2 Å². The molecular weight excluding hydrogens is 314 g/mol. The van der Waals surface area contributed by atoms with Crippen molar-refractivity contribution in [1.82, 2.24) is 14.6 Å². The standard InChI is InChI=1S/C16H10BrN3/c17-12-5-6-15-14(9-19-20(15)10-12)16-13-4-2-1-3-11(13)7-8-18-16/h1-10H. The van der Waals surface area contributed by atoms with Gasteiger partial charge in [0.1, 0.15) is 0 Å². The predicted molar refractivity (Wildman–Crippen MR) is 83.6 cm³/mol. The van der Waals surface area contributed by atoms with E-state index in [0.717, 1.165) is 26.6 Å². The number of pyridine rings is 2. The molecule has 0 bridgehead atoms. The van der Waals surface area contributed by atoms with Crippen molar-refractivity contribution < 1.29 is 0 Å². The van der Waals surface area contributed by atoms with E-state index in [1.165, 1.54) is 5.39 Å². The fourth-order valence-corrected chi connectivity index (χ4v) is 2.80. The maximum atomic E-state index is 4.56. The summed E-state index contributed by atoms with van der Waals surface area (Å²) in [5.74, 6) is 0. The second kappa shape index (κ2) is 4.42. The molecular formula is C16H10BrN3. The van der Waals surface area contributed by atoms with Gasteiger partial charge in [0.25, 0.3) is 0 Å². The SMILES string of the molecule is Brc1ccc2c(-c3nccc4ccccc34)cnn2c1. The molecule has 4 rings (SSSR count). The number of rotatable bonds is 1. The predicted octanol–water partition coefficient (Wildman–Crippen LogP) is 4.31. The van der Waals surface area contributed by atoms with Crippen LogP contribution < -0.4 is 0 Å². The van der Waals surface area contributed by atoms with Crippen LogP contribution in [0.3, 0.4) is 0 Å². The zero-order chi connectivity index (χ0) is 13.5. The molecule has 0 saturated carbocycles. The molecule has 96 valence electrons. The van der Waals surface area contributed by atoms with Gasteiger partial charge in [0.2, 0.25) is 0 Å². The van der Waals surface area contributed by atoms with Crippen molar-refractivity contribution in [3.05, 3.63) is 65.5 Å². The summed E-state index contributed by atoms with van der Waals surface area (Å²) in [7, 11) is 0. The van der Waals surface area contributed by atoms with Crippen molar-refractivity contribution in [3.8, 4) is 11.3 Å². The monoisotopic (exact) mass is 323 g/mol. The summed E-state index contributed by atoms with van der Waals surface area (Å²) in [6.45, 7) is 0. The fourth-order valence-electron chi connectivity index (χ4n) is 2.48. The van der Waals surface area contributed by atoms with Crippen LogP contribution in [0.25, 0.3) is 27.5 Å². The van der Waals surface area contributed by atoms with Crippen LogP contribution in [-0.4, -0.2) is 14.6 Å². The second-order valence-electron chi connectivity index (χ2n) is 4.62. The number of hydrogen-bond acceptors (Lipinski definition) is 2. The first-order valence-corrected chi connectivity index (χ1v) is 7.09. The van der Waals surface area contributed by atoms with Gasteiger partial charge in [-0.25, -0.2) is 4.52 Å². The first kappa shape index (κ1) is 11.6. The van der Waals surface area contributed by atoms with Gasteiger partial charge in [-0.2, -0.15) is 5.10 Å². The van der Waals surface area contributed by atoms with Crippen molar-refractivity contribution in [2.75, 3.05) is 0 Å². The topological polar surface area (TPSA) is 30.2 Å². The summed E-state index contributed by atoms with van der Waals surface area (Å²) >= 11 is 3.46. The van der Waals surface area contributed by atoms with Gasteiger partial charge in [0.15, 0.2) is 0 Å². The zero-order valence-corrected chi connectivity index (χ0v) is 12.1. The van der Waals surface area contributed by atoms with Gasteiger partial charge < -0.3 is 0 Å². The second-order valence-corrected chi connectivity index (χ2v) is 5.53. The molecule has 20 heavy (non-hydrogen) atoms. The molecule has 3 nitrogen and oxygen atoms in total. The van der Waals surface area contributed by atoms with Crippen LogP contribution in [-0.2, 0) is 0 Å². The lowest BCUT2D eigenvalue weighted by Gasteiger charge is -2.04. The molecule has 3 aromatic heterocycles. The van der Waals surface area contributed by atoms with Crippen LogP contribution in [0, 0.1) is 0 Å². The molecule has 0 radical (unpaired) electrons. The van der Waals surface area contributed by atoms with Gasteiger partial charge in [-0.05, 0) is 39.5 Å². The van der Waals surface area contributed by atoms with E-state index in [9.17, 15) is 0 Å². The maximum absolute atomic E-state index is 4.56. The third-order valence-electron chi connectivity index (χ3n) is 3.41. The summed E-state index contributed by atoms with van der Waals surface area (Å²) in [6.07, 6.45) is 5.67. The van der Waals surface area contributed by atoms with E-state index in [4.69, 9.17) is 0 Å². The highest BCUT2D eigenvalue weighted by Crippen LogP contribution is 2.29. The Morgan fingerprint density at radius 2 is 1.90 bits per heavy atom. The van der Waals surface area contributed by atoms with Gasteiger partial charge in [-0.15, -0.1) is 0 Å². The Kier molecular flexibility index (Phi) is 2.57. The minimum atomic E-state index is 0.973. The lowest BCUT2D eigenvalue weighted by atomic mass is 10.1. The smallest absolute Gasteiger partial charge is 0.0818 e. The normalized spacial score (nSPS) is 11.2. The van der Waals surface area contributed by atoms with E-state index < -0.39 is 0 Å². The van der Waals surface area contributed by atoms with Gasteiger partial charge >= 0.3 is 0 Å². The molecule has 0 fully saturated rings. The highest BCUT2D eigenvalue weighted by Gasteiger charge is 2.11. The summed E-state index contributed by atoms with van der Waals surface area (Å²) in [5.41, 5.74) is 3.08. The highest BCUT2D eigenvalue weighted by atomic mass is 79.9. The van der Waals surface area contributed by atoms with Gasteiger partial charge in [0, 0.05) is 27.8 Å². The van der Waals surface area contributed by atoms with Gasteiger partial charge in [-0.1, -0.05) is 24.3 Å². The maximum Gasteiger partial charge on any atom is 0.0818 e. The summed E-state index contributed by atoms with van der Waals surface area (Å²) in [4.78, 5) is 4.56. The van der Waals surface area contributed by atoms with Crippen LogP contribution in [0.15, 0.2) is 65.5 Å². The number of aromatic nitrogens is 3. The Balaban J connectivity index is 2.06. The molecule has 0 spiro atoms. The quantitative estimate of drug-likeness (QED) is 0.522.